The number of hydrogen-bond acceptors (Lipinski definition) is 5. The van der Waals surface area contributed by atoms with E-state index in [0.717, 1.165) is 28.5 Å². The average Bonchev–Trinajstić information content (AvgIpc) is 3.25. The van der Waals surface area contributed by atoms with E-state index in [4.69, 9.17) is 4.98 Å². The van der Waals surface area contributed by atoms with Crippen LogP contribution >= 0.6 is 0 Å². The lowest BCUT2D eigenvalue weighted by atomic mass is 10.2. The molecule has 3 aromatic rings. The lowest BCUT2D eigenvalue weighted by molar-refractivity contribution is 0.384. The minimum absolute atomic E-state index is 0.138. The summed E-state index contributed by atoms with van der Waals surface area (Å²) in [4.78, 5) is 14.6. The summed E-state index contributed by atoms with van der Waals surface area (Å²) < 4.78 is 25.6. The van der Waals surface area contributed by atoms with E-state index in [1.807, 2.05) is 30.3 Å². The summed E-state index contributed by atoms with van der Waals surface area (Å²) in [5, 5.41) is 0. The molecule has 0 amide bonds. The van der Waals surface area contributed by atoms with Gasteiger partial charge in [0.1, 0.15) is 11.5 Å². The van der Waals surface area contributed by atoms with Gasteiger partial charge < -0.3 is 9.88 Å². The molecule has 2 aromatic heterocycles. The lowest BCUT2D eigenvalue weighted by Gasteiger charge is -2.34. The number of piperazine rings is 1. The van der Waals surface area contributed by atoms with Gasteiger partial charge in [-0.25, -0.2) is 13.4 Å². The van der Waals surface area contributed by atoms with Crippen LogP contribution in [0, 0.1) is 0 Å². The summed E-state index contributed by atoms with van der Waals surface area (Å²) in [5.74, 6) is 0.903. The number of anilines is 1. The van der Waals surface area contributed by atoms with Gasteiger partial charge in [-0.15, -0.1) is 0 Å². The number of rotatable bonds is 5. The van der Waals surface area contributed by atoms with Crippen LogP contribution in [-0.4, -0.2) is 59.6 Å². The summed E-state index contributed by atoms with van der Waals surface area (Å²) in [6.45, 7) is 3.84. The second-order valence-corrected chi connectivity index (χ2v) is 8.96. The van der Waals surface area contributed by atoms with Gasteiger partial charge in [-0.05, 0) is 24.6 Å². The molecule has 0 saturated carbocycles. The zero-order valence-corrected chi connectivity index (χ0v) is 16.6. The fourth-order valence-electron chi connectivity index (χ4n) is 3.35. The van der Waals surface area contributed by atoms with Gasteiger partial charge >= 0.3 is 0 Å². The van der Waals surface area contributed by atoms with Crippen LogP contribution in [0.3, 0.4) is 0 Å². The van der Waals surface area contributed by atoms with Crippen molar-refractivity contribution in [2.24, 2.45) is 0 Å². The highest BCUT2D eigenvalue weighted by atomic mass is 32.2. The standard InChI is InChI=1S/C20H23N5O2S/c1-2-28(26,27)25-12-10-24(11-13-25)20-15-21-14-19(23-20)18-9-8-17(22-18)16-6-4-3-5-7-16/h3-9,14-15,22H,2,10-13H2,1H3. The van der Waals surface area contributed by atoms with E-state index in [9.17, 15) is 8.42 Å². The van der Waals surface area contributed by atoms with Gasteiger partial charge in [0.25, 0.3) is 0 Å². The SMILES string of the molecule is CCS(=O)(=O)N1CCN(c2cncc(-c3ccc(-c4ccccc4)[nH]3)n2)CC1. The fraction of sp³-hybridized carbons (Fsp3) is 0.300. The van der Waals surface area contributed by atoms with Gasteiger partial charge in [0, 0.05) is 31.9 Å². The van der Waals surface area contributed by atoms with Crippen molar-refractivity contribution in [2.45, 2.75) is 6.92 Å². The van der Waals surface area contributed by atoms with Crippen LogP contribution in [0.2, 0.25) is 0 Å². The number of nitrogens with zero attached hydrogens (tertiary/aromatic N) is 4. The molecule has 1 fully saturated rings. The molecule has 0 spiro atoms. The van der Waals surface area contributed by atoms with Crippen molar-refractivity contribution in [2.75, 3.05) is 36.8 Å². The Hall–Kier alpha value is -2.71. The van der Waals surface area contributed by atoms with Crippen molar-refractivity contribution in [3.8, 4) is 22.6 Å². The molecule has 1 aromatic carbocycles. The molecule has 4 rings (SSSR count). The smallest absolute Gasteiger partial charge is 0.213 e. The van der Waals surface area contributed by atoms with Crippen LogP contribution < -0.4 is 4.90 Å². The van der Waals surface area contributed by atoms with Crippen molar-refractivity contribution in [1.29, 1.82) is 0 Å². The zero-order chi connectivity index (χ0) is 19.6. The Bertz CT molecular complexity index is 1040. The van der Waals surface area contributed by atoms with E-state index < -0.39 is 10.0 Å². The van der Waals surface area contributed by atoms with Crippen molar-refractivity contribution in [1.82, 2.24) is 19.3 Å². The molecule has 1 aliphatic rings. The Morgan fingerprint density at radius 3 is 2.39 bits per heavy atom. The van der Waals surface area contributed by atoms with Gasteiger partial charge in [-0.1, -0.05) is 30.3 Å². The normalized spacial score (nSPS) is 15.7. The maximum absolute atomic E-state index is 12.0. The molecule has 7 nitrogen and oxygen atoms in total. The van der Waals surface area contributed by atoms with E-state index in [-0.39, 0.29) is 5.75 Å². The second-order valence-electron chi connectivity index (χ2n) is 6.70. The molecule has 1 aliphatic heterocycles. The topological polar surface area (TPSA) is 82.2 Å². The van der Waals surface area contributed by atoms with Crippen LogP contribution in [0.4, 0.5) is 5.82 Å². The molecule has 8 heteroatoms. The minimum atomic E-state index is -3.14. The first-order chi connectivity index (χ1) is 13.6. The van der Waals surface area contributed by atoms with Crippen molar-refractivity contribution < 1.29 is 8.42 Å². The third-order valence-electron chi connectivity index (χ3n) is 4.99. The van der Waals surface area contributed by atoms with Crippen LogP contribution in [0.5, 0.6) is 0 Å². The molecule has 3 heterocycles. The molecule has 0 aliphatic carbocycles. The van der Waals surface area contributed by atoms with E-state index in [1.54, 1.807) is 23.6 Å². The van der Waals surface area contributed by atoms with Gasteiger partial charge in [-0.2, -0.15) is 4.31 Å². The summed E-state index contributed by atoms with van der Waals surface area (Å²) in [6.07, 6.45) is 3.47. The molecule has 1 N–H and O–H groups in total. The highest BCUT2D eigenvalue weighted by Crippen LogP contribution is 2.24. The molecule has 146 valence electrons. The predicted octanol–water partition coefficient (Wildman–Crippen LogP) is 2.61. The Morgan fingerprint density at radius 2 is 1.68 bits per heavy atom. The minimum Gasteiger partial charge on any atom is -0.353 e. The first kappa shape index (κ1) is 18.6. The number of aromatic amines is 1. The van der Waals surface area contributed by atoms with E-state index in [2.05, 4.69) is 27.0 Å². The molecule has 0 unspecified atom stereocenters. The summed E-state index contributed by atoms with van der Waals surface area (Å²) in [5.41, 5.74) is 3.82. The van der Waals surface area contributed by atoms with Crippen molar-refractivity contribution in [3.63, 3.8) is 0 Å². The average molecular weight is 398 g/mol. The Kier molecular flexibility index (Phi) is 5.15. The Morgan fingerprint density at radius 1 is 0.964 bits per heavy atom. The van der Waals surface area contributed by atoms with Crippen LogP contribution in [0.15, 0.2) is 54.9 Å². The monoisotopic (exact) mass is 397 g/mol. The van der Waals surface area contributed by atoms with Crippen LogP contribution in [0.25, 0.3) is 22.6 Å². The van der Waals surface area contributed by atoms with Crippen molar-refractivity contribution in [3.05, 3.63) is 54.9 Å². The zero-order valence-electron chi connectivity index (χ0n) is 15.7. The van der Waals surface area contributed by atoms with E-state index in [0.29, 0.717) is 26.2 Å². The fourth-order valence-corrected chi connectivity index (χ4v) is 4.43. The second kappa shape index (κ2) is 7.73. The number of benzene rings is 1. The number of sulfonamides is 1. The molecule has 28 heavy (non-hydrogen) atoms. The van der Waals surface area contributed by atoms with Crippen molar-refractivity contribution >= 4 is 15.8 Å². The third-order valence-corrected chi connectivity index (χ3v) is 6.87. The maximum Gasteiger partial charge on any atom is 0.213 e. The highest BCUT2D eigenvalue weighted by molar-refractivity contribution is 7.89. The summed E-state index contributed by atoms with van der Waals surface area (Å²) in [6, 6.07) is 14.2. The van der Waals surface area contributed by atoms with Gasteiger partial charge in [-0.3, -0.25) is 4.98 Å². The molecular formula is C20H23N5O2S. The van der Waals surface area contributed by atoms with E-state index in [1.165, 1.54) is 0 Å². The molecule has 0 atom stereocenters. The van der Waals surface area contributed by atoms with Crippen LogP contribution in [0.1, 0.15) is 6.92 Å². The maximum atomic E-state index is 12.0. The van der Waals surface area contributed by atoms with Crippen LogP contribution in [-0.2, 0) is 10.0 Å². The quantitative estimate of drug-likeness (QED) is 0.716. The Balaban J connectivity index is 1.51. The Labute approximate surface area is 165 Å². The summed E-state index contributed by atoms with van der Waals surface area (Å²) >= 11 is 0. The molecule has 0 bridgehead atoms. The first-order valence-electron chi connectivity index (χ1n) is 9.36. The predicted molar refractivity (Wildman–Crippen MR) is 111 cm³/mol. The number of H-pyrrole nitrogens is 1. The molecular weight excluding hydrogens is 374 g/mol. The summed E-state index contributed by atoms with van der Waals surface area (Å²) in [7, 11) is -3.14. The van der Waals surface area contributed by atoms with E-state index >= 15 is 0 Å². The highest BCUT2D eigenvalue weighted by Gasteiger charge is 2.26. The van der Waals surface area contributed by atoms with Gasteiger partial charge in [0.05, 0.1) is 23.8 Å². The largest absolute Gasteiger partial charge is 0.353 e. The number of nitrogens with one attached hydrogen (secondary N) is 1. The first-order valence-corrected chi connectivity index (χ1v) is 11.0. The lowest BCUT2D eigenvalue weighted by Crippen LogP contribution is -2.49. The van der Waals surface area contributed by atoms with Gasteiger partial charge in [0.15, 0.2) is 0 Å². The third kappa shape index (κ3) is 3.79. The number of aromatic nitrogens is 3. The number of hydrogen-bond donors (Lipinski definition) is 1. The molecule has 0 radical (unpaired) electrons. The molecule has 1 saturated heterocycles. The van der Waals surface area contributed by atoms with Gasteiger partial charge in [0.2, 0.25) is 10.0 Å².